The van der Waals surface area contributed by atoms with E-state index in [1.54, 1.807) is 0 Å². The van der Waals surface area contributed by atoms with Crippen molar-refractivity contribution in [1.29, 1.82) is 0 Å². The van der Waals surface area contributed by atoms with Gasteiger partial charge in [-0.1, -0.05) is 13.8 Å². The summed E-state index contributed by atoms with van der Waals surface area (Å²) in [5, 5.41) is 2.52. The Morgan fingerprint density at radius 2 is 2.22 bits per heavy atom. The molecule has 0 aliphatic rings. The van der Waals surface area contributed by atoms with Crippen LogP contribution in [0.1, 0.15) is 20.3 Å². The van der Waals surface area contributed by atoms with Gasteiger partial charge in [0.25, 0.3) is 0 Å². The Kier molecular flexibility index (Phi) is 4.19. The first-order valence-corrected chi connectivity index (χ1v) is 3.13. The number of rotatable bonds is 3. The van der Waals surface area contributed by atoms with Gasteiger partial charge in [-0.15, -0.1) is 0 Å². The predicted molar refractivity (Wildman–Crippen MR) is 38.2 cm³/mol. The van der Waals surface area contributed by atoms with Crippen LogP contribution in [0.4, 0.5) is 0 Å². The molecule has 0 fully saturated rings. The lowest BCUT2D eigenvalue weighted by atomic mass is 10.1. The Morgan fingerprint density at radius 1 is 1.67 bits per heavy atom. The van der Waals surface area contributed by atoms with E-state index in [0.29, 0.717) is 12.3 Å². The van der Waals surface area contributed by atoms with E-state index in [1.807, 2.05) is 13.8 Å². The average molecular weight is 125 g/mol. The van der Waals surface area contributed by atoms with E-state index in [0.717, 1.165) is 0 Å². The van der Waals surface area contributed by atoms with Gasteiger partial charge in [0.05, 0.1) is 7.85 Å². The summed E-state index contributed by atoms with van der Waals surface area (Å²) in [5.41, 5.74) is 0. The molecule has 1 N–H and O–H groups in total. The van der Waals surface area contributed by atoms with Gasteiger partial charge in [0.2, 0.25) is 5.91 Å². The number of hydrogen-bond donors (Lipinski definition) is 1. The third-order valence-corrected chi connectivity index (χ3v) is 0.893. The second kappa shape index (κ2) is 4.42. The van der Waals surface area contributed by atoms with Crippen molar-refractivity contribution in [2.24, 2.45) is 5.92 Å². The minimum atomic E-state index is 0.0347. The Balaban J connectivity index is 3.27. The molecule has 0 unspecified atom stereocenters. The van der Waals surface area contributed by atoms with Crippen molar-refractivity contribution in [3.8, 4) is 0 Å². The molecule has 2 radical (unpaired) electrons. The van der Waals surface area contributed by atoms with Gasteiger partial charge in [-0.2, -0.15) is 0 Å². The molecule has 0 spiro atoms. The van der Waals surface area contributed by atoms with Gasteiger partial charge < -0.3 is 5.32 Å². The summed E-state index contributed by atoms with van der Waals surface area (Å²) in [6.45, 7) is 3.99. The van der Waals surface area contributed by atoms with Gasteiger partial charge >= 0.3 is 0 Å². The van der Waals surface area contributed by atoms with Crippen molar-refractivity contribution in [1.82, 2.24) is 5.32 Å². The Hall–Kier alpha value is -0.465. The fourth-order valence-electron chi connectivity index (χ4n) is 0.557. The molecule has 3 heteroatoms. The lowest BCUT2D eigenvalue weighted by Crippen LogP contribution is -2.25. The van der Waals surface area contributed by atoms with Gasteiger partial charge in [-0.3, -0.25) is 4.79 Å². The van der Waals surface area contributed by atoms with Gasteiger partial charge in [0.15, 0.2) is 0 Å². The lowest BCUT2D eigenvalue weighted by Gasteiger charge is -2.03. The zero-order chi connectivity index (χ0) is 7.28. The fraction of sp³-hybridized carbons (Fsp3) is 0.833. The zero-order valence-electron chi connectivity index (χ0n) is 5.98. The first-order valence-electron chi connectivity index (χ1n) is 3.13. The Bertz CT molecular complexity index is 93.1. The van der Waals surface area contributed by atoms with Crippen LogP contribution in [-0.4, -0.2) is 20.2 Å². The van der Waals surface area contributed by atoms with Crippen LogP contribution in [0, 0.1) is 5.92 Å². The SMILES string of the molecule is [B]CNC(=O)CC(C)C. The first-order chi connectivity index (χ1) is 4.16. The van der Waals surface area contributed by atoms with Crippen molar-refractivity contribution in [3.05, 3.63) is 0 Å². The summed E-state index contributed by atoms with van der Waals surface area (Å²) < 4.78 is 0. The number of carbonyl (C=O) groups is 1. The molecule has 0 saturated carbocycles. The van der Waals surface area contributed by atoms with E-state index >= 15 is 0 Å². The topological polar surface area (TPSA) is 29.1 Å². The number of hydrogen-bond acceptors (Lipinski definition) is 1. The maximum absolute atomic E-state index is 10.7. The minimum Gasteiger partial charge on any atom is -0.365 e. The lowest BCUT2D eigenvalue weighted by molar-refractivity contribution is -0.121. The van der Waals surface area contributed by atoms with Crippen LogP contribution in [0.25, 0.3) is 0 Å². The highest BCUT2D eigenvalue weighted by Crippen LogP contribution is 1.96. The van der Waals surface area contributed by atoms with Gasteiger partial charge in [0, 0.05) is 6.42 Å². The standard InChI is InChI=1S/C6H12BNO/c1-5(2)3-6(9)8-4-7/h5H,3-4H2,1-2H3,(H,8,9). The van der Waals surface area contributed by atoms with Crippen molar-refractivity contribution in [2.45, 2.75) is 20.3 Å². The van der Waals surface area contributed by atoms with Crippen LogP contribution in [0.3, 0.4) is 0 Å². The summed E-state index contributed by atoms with van der Waals surface area (Å²) in [4.78, 5) is 10.7. The predicted octanol–water partition coefficient (Wildman–Crippen LogP) is 0.275. The normalized spacial score (nSPS) is 9.67. The smallest absolute Gasteiger partial charge is 0.219 e. The number of nitrogens with one attached hydrogen (secondary N) is 1. The number of amides is 1. The van der Waals surface area contributed by atoms with Crippen LogP contribution in [0.2, 0.25) is 0 Å². The van der Waals surface area contributed by atoms with E-state index in [9.17, 15) is 4.79 Å². The first kappa shape index (κ1) is 8.53. The van der Waals surface area contributed by atoms with E-state index < -0.39 is 0 Å². The van der Waals surface area contributed by atoms with Crippen LogP contribution in [0.5, 0.6) is 0 Å². The van der Waals surface area contributed by atoms with Crippen LogP contribution in [-0.2, 0) is 4.79 Å². The zero-order valence-corrected chi connectivity index (χ0v) is 5.98. The molecule has 0 aliphatic heterocycles. The summed E-state index contributed by atoms with van der Waals surface area (Å²) in [6.07, 6.45) is 0.808. The highest BCUT2D eigenvalue weighted by Gasteiger charge is 2.00. The fourth-order valence-corrected chi connectivity index (χ4v) is 0.557. The molecule has 0 heterocycles. The summed E-state index contributed by atoms with van der Waals surface area (Å²) in [7, 11) is 5.07. The van der Waals surface area contributed by atoms with Gasteiger partial charge in [0.1, 0.15) is 0 Å². The van der Waals surface area contributed by atoms with Crippen LogP contribution in [0.15, 0.2) is 0 Å². The molecular formula is C6H12BNO. The molecule has 0 aromatic carbocycles. The van der Waals surface area contributed by atoms with E-state index in [1.165, 1.54) is 0 Å². The molecule has 0 aliphatic carbocycles. The second-order valence-corrected chi connectivity index (χ2v) is 2.40. The monoisotopic (exact) mass is 125 g/mol. The molecular weight excluding hydrogens is 113 g/mol. The molecule has 0 rings (SSSR count). The highest BCUT2D eigenvalue weighted by molar-refractivity contribution is 6.10. The third kappa shape index (κ3) is 5.41. The van der Waals surface area contributed by atoms with Crippen molar-refractivity contribution in [2.75, 3.05) is 6.44 Å². The van der Waals surface area contributed by atoms with Crippen LogP contribution < -0.4 is 5.32 Å². The summed E-state index contributed by atoms with van der Waals surface area (Å²) in [5.74, 6) is 0.448. The third-order valence-electron chi connectivity index (χ3n) is 0.893. The van der Waals surface area contributed by atoms with Crippen LogP contribution >= 0.6 is 0 Å². The molecule has 1 amide bonds. The Labute approximate surface area is 57.4 Å². The number of carbonyl (C=O) groups excluding carboxylic acids is 1. The minimum absolute atomic E-state index is 0.0347. The molecule has 0 aromatic heterocycles. The molecule has 0 aromatic rings. The molecule has 2 nitrogen and oxygen atoms in total. The van der Waals surface area contributed by atoms with Crippen molar-refractivity contribution >= 4 is 13.8 Å². The molecule has 0 atom stereocenters. The molecule has 0 saturated heterocycles. The summed E-state index contributed by atoms with van der Waals surface area (Å²) >= 11 is 0. The maximum Gasteiger partial charge on any atom is 0.219 e. The van der Waals surface area contributed by atoms with E-state index in [4.69, 9.17) is 7.85 Å². The van der Waals surface area contributed by atoms with Gasteiger partial charge in [-0.05, 0) is 12.4 Å². The van der Waals surface area contributed by atoms with Crippen molar-refractivity contribution in [3.63, 3.8) is 0 Å². The highest BCUT2D eigenvalue weighted by atomic mass is 16.1. The van der Waals surface area contributed by atoms with Crippen molar-refractivity contribution < 1.29 is 4.79 Å². The molecule has 9 heavy (non-hydrogen) atoms. The van der Waals surface area contributed by atoms with E-state index in [-0.39, 0.29) is 12.4 Å². The maximum atomic E-state index is 10.7. The van der Waals surface area contributed by atoms with E-state index in [2.05, 4.69) is 5.32 Å². The molecule has 50 valence electrons. The second-order valence-electron chi connectivity index (χ2n) is 2.40. The average Bonchev–Trinajstić information content (AvgIpc) is 1.63. The largest absolute Gasteiger partial charge is 0.365 e. The van der Waals surface area contributed by atoms with Gasteiger partial charge in [-0.25, -0.2) is 0 Å². The summed E-state index contributed by atoms with van der Waals surface area (Å²) in [6, 6.07) is 0. The molecule has 0 bridgehead atoms. The Morgan fingerprint density at radius 3 is 2.56 bits per heavy atom. The quantitative estimate of drug-likeness (QED) is 0.539.